The van der Waals surface area contributed by atoms with E-state index in [-0.39, 0.29) is 0 Å². The molecular weight excluding hydrogens is 637 g/mol. The van der Waals surface area contributed by atoms with Crippen molar-refractivity contribution >= 4 is 21.8 Å². The molecule has 3 heterocycles. The highest BCUT2D eigenvalue weighted by Crippen LogP contribution is 2.39. The van der Waals surface area contributed by atoms with Crippen molar-refractivity contribution < 1.29 is 4.74 Å². The molecule has 0 spiro atoms. The van der Waals surface area contributed by atoms with Gasteiger partial charge in [0.1, 0.15) is 17.3 Å². The molecule has 1 unspecified atom stereocenters. The van der Waals surface area contributed by atoms with Crippen LogP contribution in [0.2, 0.25) is 0 Å². The summed E-state index contributed by atoms with van der Waals surface area (Å²) in [7, 11) is 0. The number of hydrogen-bond donors (Lipinski definition) is 0. The quantitative estimate of drug-likeness (QED) is 0.136. The number of fused-ring (bicyclic) bond motifs is 3. The van der Waals surface area contributed by atoms with Gasteiger partial charge in [0.15, 0.2) is 0 Å². The zero-order chi connectivity index (χ0) is 36.7. The molecule has 0 N–H and O–H groups in total. The Bertz CT molecular complexity index is 2340. The van der Waals surface area contributed by atoms with Crippen LogP contribution in [0, 0.1) is 12.8 Å². The first-order chi connectivity index (χ1) is 25.0. The second kappa shape index (κ2) is 14.5. The van der Waals surface area contributed by atoms with Crippen LogP contribution in [0.15, 0.2) is 104 Å². The van der Waals surface area contributed by atoms with Crippen molar-refractivity contribution in [3.63, 3.8) is 0 Å². The number of benzene rings is 4. The smallest absolute Gasteiger partial charge is 0.137 e. The van der Waals surface area contributed by atoms with Gasteiger partial charge in [-0.3, -0.25) is 4.57 Å². The van der Waals surface area contributed by atoms with Crippen molar-refractivity contribution in [1.29, 1.82) is 0 Å². The number of aryl methyl sites for hydroxylation is 1. The normalized spacial score (nSPS) is 12.5. The van der Waals surface area contributed by atoms with E-state index in [0.29, 0.717) is 23.7 Å². The van der Waals surface area contributed by atoms with E-state index in [1.807, 2.05) is 17.1 Å². The third-order valence-electron chi connectivity index (χ3n) is 10.4. The summed E-state index contributed by atoms with van der Waals surface area (Å²) in [5.74, 6) is 4.24. The van der Waals surface area contributed by atoms with Crippen molar-refractivity contribution in [2.75, 3.05) is 0 Å². The molecule has 3 aromatic heterocycles. The Kier molecular flexibility index (Phi) is 9.80. The molecule has 0 aliphatic rings. The molecule has 0 radical (unpaired) electrons. The van der Waals surface area contributed by atoms with Crippen molar-refractivity contribution in [3.05, 3.63) is 131 Å². The van der Waals surface area contributed by atoms with Crippen molar-refractivity contribution in [2.45, 2.75) is 92.9 Å². The highest BCUT2D eigenvalue weighted by molar-refractivity contribution is 6.09. The van der Waals surface area contributed by atoms with Gasteiger partial charge in [-0.25, -0.2) is 9.67 Å². The monoisotopic (exact) mass is 688 g/mol. The number of rotatable bonds is 11. The summed E-state index contributed by atoms with van der Waals surface area (Å²) in [6, 6.07) is 30.6. The largest absolute Gasteiger partial charge is 0.457 e. The number of pyridine rings is 1. The van der Waals surface area contributed by atoms with E-state index in [1.165, 1.54) is 44.2 Å². The molecule has 7 rings (SSSR count). The second-order valence-corrected chi connectivity index (χ2v) is 15.6. The first-order valence-electron chi connectivity index (χ1n) is 19.0. The number of para-hydroxylation sites is 1. The minimum atomic E-state index is 0.365. The molecule has 1 atom stereocenters. The van der Waals surface area contributed by atoms with Gasteiger partial charge in [0.2, 0.25) is 0 Å². The Morgan fingerprint density at radius 1 is 0.731 bits per heavy atom. The number of nitrogens with zero attached hydrogens (tertiary/aromatic N) is 4. The van der Waals surface area contributed by atoms with Gasteiger partial charge in [0, 0.05) is 40.9 Å². The summed E-state index contributed by atoms with van der Waals surface area (Å²) in [6.07, 6.45) is 8.18. The molecule has 7 aromatic rings. The van der Waals surface area contributed by atoms with Crippen LogP contribution in [0.4, 0.5) is 0 Å². The third kappa shape index (κ3) is 6.89. The van der Waals surface area contributed by atoms with E-state index in [1.54, 1.807) is 0 Å². The first-order valence-corrected chi connectivity index (χ1v) is 19.0. The SMILES string of the molecule is CCC(C)c1cc(Oc2ccc3c4ccccc4n(-c4cc(CC(C)C)ccn4)c3c2)cc(-n2cc(-c3c(C(C)C)cc(C)cc3C(C)C)cn2)c1. The Labute approximate surface area is 309 Å². The lowest BCUT2D eigenvalue weighted by molar-refractivity contribution is 0.481. The Morgan fingerprint density at radius 2 is 1.46 bits per heavy atom. The molecule has 266 valence electrons. The van der Waals surface area contributed by atoms with Crippen LogP contribution in [0.25, 0.3) is 44.4 Å². The Balaban J connectivity index is 1.31. The molecule has 0 amide bonds. The van der Waals surface area contributed by atoms with Crippen molar-refractivity contribution in [3.8, 4) is 34.1 Å². The van der Waals surface area contributed by atoms with Crippen LogP contribution in [0.5, 0.6) is 11.5 Å². The molecule has 5 nitrogen and oxygen atoms in total. The van der Waals surface area contributed by atoms with Gasteiger partial charge >= 0.3 is 0 Å². The van der Waals surface area contributed by atoms with E-state index >= 15 is 0 Å². The molecule has 0 saturated carbocycles. The highest BCUT2D eigenvalue weighted by Gasteiger charge is 2.20. The summed E-state index contributed by atoms with van der Waals surface area (Å²) in [5, 5.41) is 7.32. The van der Waals surface area contributed by atoms with E-state index in [4.69, 9.17) is 14.8 Å². The molecule has 52 heavy (non-hydrogen) atoms. The zero-order valence-electron chi connectivity index (χ0n) is 32.2. The number of hydrogen-bond acceptors (Lipinski definition) is 3. The average molecular weight is 689 g/mol. The average Bonchev–Trinajstić information content (AvgIpc) is 3.74. The van der Waals surface area contributed by atoms with Gasteiger partial charge in [-0.05, 0) is 114 Å². The van der Waals surface area contributed by atoms with E-state index in [9.17, 15) is 0 Å². The van der Waals surface area contributed by atoms with Gasteiger partial charge < -0.3 is 4.74 Å². The maximum absolute atomic E-state index is 6.78. The Morgan fingerprint density at radius 3 is 2.17 bits per heavy atom. The predicted molar refractivity (Wildman–Crippen MR) is 218 cm³/mol. The summed E-state index contributed by atoms with van der Waals surface area (Å²) in [4.78, 5) is 4.86. The van der Waals surface area contributed by atoms with Crippen LogP contribution in [-0.2, 0) is 6.42 Å². The highest BCUT2D eigenvalue weighted by atomic mass is 16.5. The van der Waals surface area contributed by atoms with Crippen LogP contribution in [0.3, 0.4) is 0 Å². The van der Waals surface area contributed by atoms with Gasteiger partial charge in [-0.15, -0.1) is 0 Å². The standard InChI is InChI=1S/C47H52N4O/c1-10-33(9)35-23-37(50-28-36(27-49-50)47-42(30(4)5)20-32(8)21-43(47)31(6)7)25-39(24-35)52-38-15-16-41-40-13-11-12-14-44(40)51(45(41)26-38)46-22-34(17-18-48-46)19-29(2)3/h11-18,20-31,33H,10,19H2,1-9H3. The summed E-state index contributed by atoms with van der Waals surface area (Å²) in [6.45, 7) is 20.3. The first kappa shape index (κ1) is 35.3. The van der Waals surface area contributed by atoms with Crippen molar-refractivity contribution in [2.24, 2.45) is 5.92 Å². The predicted octanol–water partition coefficient (Wildman–Crippen LogP) is 13.1. The van der Waals surface area contributed by atoms with Gasteiger partial charge in [-0.1, -0.05) is 91.3 Å². The zero-order valence-corrected chi connectivity index (χ0v) is 32.2. The third-order valence-corrected chi connectivity index (χ3v) is 10.4. The van der Waals surface area contributed by atoms with Crippen LogP contribution < -0.4 is 4.74 Å². The molecule has 4 aromatic carbocycles. The molecule has 0 saturated heterocycles. The minimum absolute atomic E-state index is 0.365. The molecule has 5 heteroatoms. The van der Waals surface area contributed by atoms with Gasteiger partial charge in [0.05, 0.1) is 22.9 Å². The van der Waals surface area contributed by atoms with Gasteiger partial charge in [-0.2, -0.15) is 5.10 Å². The van der Waals surface area contributed by atoms with E-state index in [2.05, 4.69) is 158 Å². The van der Waals surface area contributed by atoms with Crippen LogP contribution in [-0.4, -0.2) is 19.3 Å². The minimum Gasteiger partial charge on any atom is -0.457 e. The summed E-state index contributed by atoms with van der Waals surface area (Å²) in [5.41, 5.74) is 12.2. The topological polar surface area (TPSA) is 44.9 Å². The van der Waals surface area contributed by atoms with Crippen LogP contribution in [0.1, 0.15) is 107 Å². The molecule has 0 fully saturated rings. The molecule has 0 aliphatic heterocycles. The van der Waals surface area contributed by atoms with Crippen LogP contribution >= 0.6 is 0 Å². The number of aromatic nitrogens is 4. The number of ether oxygens (including phenoxy) is 1. The molecular formula is C47H52N4O. The fraction of sp³-hybridized carbons (Fsp3) is 0.319. The van der Waals surface area contributed by atoms with Crippen molar-refractivity contribution in [1.82, 2.24) is 19.3 Å². The summed E-state index contributed by atoms with van der Waals surface area (Å²) >= 11 is 0. The van der Waals surface area contributed by atoms with E-state index < -0.39 is 0 Å². The lowest BCUT2D eigenvalue weighted by Gasteiger charge is -2.20. The van der Waals surface area contributed by atoms with E-state index in [0.717, 1.165) is 52.4 Å². The lowest BCUT2D eigenvalue weighted by atomic mass is 9.84. The maximum Gasteiger partial charge on any atom is 0.137 e. The van der Waals surface area contributed by atoms with Gasteiger partial charge in [0.25, 0.3) is 0 Å². The fourth-order valence-corrected chi connectivity index (χ4v) is 7.58. The molecule has 0 bridgehead atoms. The lowest BCUT2D eigenvalue weighted by Crippen LogP contribution is -2.01. The fourth-order valence-electron chi connectivity index (χ4n) is 7.58. The second-order valence-electron chi connectivity index (χ2n) is 15.6. The maximum atomic E-state index is 6.78. The summed E-state index contributed by atoms with van der Waals surface area (Å²) < 4.78 is 11.1. The molecule has 0 aliphatic carbocycles. The Hall–Kier alpha value is -5.16.